The van der Waals surface area contributed by atoms with Gasteiger partial charge in [-0.3, -0.25) is 4.68 Å². The Morgan fingerprint density at radius 2 is 1.78 bits per heavy atom. The molecule has 1 N–H and O–H groups in total. The zero-order valence-corrected chi connectivity index (χ0v) is 13.6. The van der Waals surface area contributed by atoms with Crippen LogP contribution >= 0.6 is 0 Å². The van der Waals surface area contributed by atoms with E-state index >= 15 is 0 Å². The van der Waals surface area contributed by atoms with Crippen molar-refractivity contribution < 1.29 is 9.84 Å². The Hall–Kier alpha value is -2.75. The van der Waals surface area contributed by atoms with Gasteiger partial charge in [0.25, 0.3) is 0 Å². The molecule has 0 saturated carbocycles. The first-order valence-corrected chi connectivity index (χ1v) is 7.66. The molecule has 0 aliphatic rings. The van der Waals surface area contributed by atoms with Gasteiger partial charge in [0.05, 0.1) is 18.5 Å². The first-order valence-electron chi connectivity index (χ1n) is 7.66. The van der Waals surface area contributed by atoms with Crippen molar-refractivity contribution in [2.45, 2.75) is 20.4 Å². The lowest BCUT2D eigenvalue weighted by Crippen LogP contribution is -1.99. The van der Waals surface area contributed by atoms with E-state index in [2.05, 4.69) is 12.0 Å². The molecule has 0 spiro atoms. The number of aryl methyl sites for hydroxylation is 2. The molecule has 3 rings (SSSR count). The van der Waals surface area contributed by atoms with Gasteiger partial charge in [-0.05, 0) is 44.2 Å². The van der Waals surface area contributed by atoms with E-state index in [9.17, 15) is 5.11 Å². The number of benzene rings is 2. The molecular formula is C19H20N2O2. The maximum Gasteiger partial charge on any atom is 0.123 e. The highest BCUT2D eigenvalue weighted by atomic mass is 16.5. The fourth-order valence-corrected chi connectivity index (χ4v) is 2.86. The fourth-order valence-electron chi connectivity index (χ4n) is 2.86. The molecule has 3 aromatic rings. The topological polar surface area (TPSA) is 47.3 Å². The molecule has 0 fully saturated rings. The second-order valence-corrected chi connectivity index (χ2v) is 5.37. The number of aromatic nitrogens is 2. The molecule has 0 radical (unpaired) electrons. The SMILES string of the molecule is CCn1nc(C)c(-c2ccccc2O)c1-c1ccc(OC)cc1. The molecule has 1 aromatic heterocycles. The van der Waals surface area contributed by atoms with Crippen LogP contribution in [0.4, 0.5) is 0 Å². The zero-order chi connectivity index (χ0) is 16.4. The Labute approximate surface area is 136 Å². The number of aromatic hydroxyl groups is 1. The minimum Gasteiger partial charge on any atom is -0.507 e. The molecule has 0 aliphatic carbocycles. The summed E-state index contributed by atoms with van der Waals surface area (Å²) in [6, 6.07) is 15.3. The number of ether oxygens (including phenoxy) is 1. The maximum absolute atomic E-state index is 10.3. The molecule has 1 heterocycles. The smallest absolute Gasteiger partial charge is 0.123 e. The summed E-state index contributed by atoms with van der Waals surface area (Å²) in [5, 5.41) is 14.9. The molecule has 118 valence electrons. The van der Waals surface area contributed by atoms with E-state index in [1.165, 1.54) is 0 Å². The van der Waals surface area contributed by atoms with E-state index in [4.69, 9.17) is 4.74 Å². The van der Waals surface area contributed by atoms with E-state index in [1.54, 1.807) is 13.2 Å². The van der Waals surface area contributed by atoms with Crippen LogP contribution in [0.25, 0.3) is 22.4 Å². The minimum absolute atomic E-state index is 0.265. The average molecular weight is 308 g/mol. The number of hydrogen-bond donors (Lipinski definition) is 1. The quantitative estimate of drug-likeness (QED) is 0.783. The van der Waals surface area contributed by atoms with Gasteiger partial charge in [0.1, 0.15) is 11.5 Å². The summed E-state index contributed by atoms with van der Waals surface area (Å²) >= 11 is 0. The van der Waals surface area contributed by atoms with Gasteiger partial charge < -0.3 is 9.84 Å². The van der Waals surface area contributed by atoms with Crippen LogP contribution in [0.3, 0.4) is 0 Å². The van der Waals surface area contributed by atoms with Crippen molar-refractivity contribution >= 4 is 0 Å². The maximum atomic E-state index is 10.3. The van der Waals surface area contributed by atoms with Crippen molar-refractivity contribution in [3.63, 3.8) is 0 Å². The molecule has 0 atom stereocenters. The summed E-state index contributed by atoms with van der Waals surface area (Å²) in [4.78, 5) is 0. The van der Waals surface area contributed by atoms with Crippen molar-refractivity contribution in [3.05, 3.63) is 54.2 Å². The van der Waals surface area contributed by atoms with Crippen LogP contribution in [0.2, 0.25) is 0 Å². The van der Waals surface area contributed by atoms with Crippen LogP contribution in [-0.4, -0.2) is 22.0 Å². The van der Waals surface area contributed by atoms with Gasteiger partial charge in [-0.15, -0.1) is 0 Å². The van der Waals surface area contributed by atoms with E-state index in [1.807, 2.05) is 54.1 Å². The monoisotopic (exact) mass is 308 g/mol. The van der Waals surface area contributed by atoms with Crippen molar-refractivity contribution in [3.8, 4) is 33.9 Å². The molecule has 0 amide bonds. The Morgan fingerprint density at radius 3 is 2.39 bits per heavy atom. The molecule has 4 nitrogen and oxygen atoms in total. The molecule has 0 aliphatic heterocycles. The highest BCUT2D eigenvalue weighted by Crippen LogP contribution is 2.39. The van der Waals surface area contributed by atoms with Crippen molar-refractivity contribution in [2.75, 3.05) is 7.11 Å². The number of hydrogen-bond acceptors (Lipinski definition) is 3. The Kier molecular flexibility index (Phi) is 4.06. The van der Waals surface area contributed by atoms with Crippen LogP contribution in [0.5, 0.6) is 11.5 Å². The van der Waals surface area contributed by atoms with Crippen molar-refractivity contribution in [1.82, 2.24) is 9.78 Å². The van der Waals surface area contributed by atoms with E-state index in [0.29, 0.717) is 0 Å². The molecule has 0 unspecified atom stereocenters. The summed E-state index contributed by atoms with van der Waals surface area (Å²) < 4.78 is 7.21. The summed E-state index contributed by atoms with van der Waals surface area (Å²) in [5.74, 6) is 1.08. The predicted octanol–water partition coefficient (Wildman–Crippen LogP) is 4.26. The standard InChI is InChI=1S/C19H20N2O2/c1-4-21-19(14-9-11-15(23-3)12-10-14)18(13(2)20-21)16-7-5-6-8-17(16)22/h5-12,22H,4H2,1-3H3. The largest absolute Gasteiger partial charge is 0.507 e. The molecule has 0 bridgehead atoms. The molecule has 0 saturated heterocycles. The fraction of sp³-hybridized carbons (Fsp3) is 0.211. The van der Waals surface area contributed by atoms with Gasteiger partial charge in [-0.25, -0.2) is 0 Å². The van der Waals surface area contributed by atoms with E-state index in [0.717, 1.165) is 40.4 Å². The summed E-state index contributed by atoms with van der Waals surface area (Å²) in [6.07, 6.45) is 0. The zero-order valence-electron chi connectivity index (χ0n) is 13.6. The molecule has 4 heteroatoms. The van der Waals surface area contributed by atoms with Gasteiger partial charge in [-0.1, -0.05) is 18.2 Å². The van der Waals surface area contributed by atoms with Gasteiger partial charge in [-0.2, -0.15) is 5.10 Å². The summed E-state index contributed by atoms with van der Waals surface area (Å²) in [6.45, 7) is 4.80. The third kappa shape index (κ3) is 2.68. The van der Waals surface area contributed by atoms with Crippen molar-refractivity contribution in [1.29, 1.82) is 0 Å². The number of para-hydroxylation sites is 1. The predicted molar refractivity (Wildman–Crippen MR) is 91.7 cm³/mol. The van der Waals surface area contributed by atoms with E-state index < -0.39 is 0 Å². The highest BCUT2D eigenvalue weighted by Gasteiger charge is 2.19. The average Bonchev–Trinajstić information content (AvgIpc) is 2.92. The summed E-state index contributed by atoms with van der Waals surface area (Å²) in [7, 11) is 1.66. The van der Waals surface area contributed by atoms with Crippen LogP contribution in [0, 0.1) is 6.92 Å². The molecule has 23 heavy (non-hydrogen) atoms. The highest BCUT2D eigenvalue weighted by molar-refractivity contribution is 5.85. The number of phenolic OH excluding ortho intramolecular Hbond substituents is 1. The normalized spacial score (nSPS) is 10.7. The number of phenols is 1. The van der Waals surface area contributed by atoms with Crippen LogP contribution in [0.15, 0.2) is 48.5 Å². The first-order chi connectivity index (χ1) is 11.2. The lowest BCUT2D eigenvalue weighted by Gasteiger charge is -2.11. The second-order valence-electron chi connectivity index (χ2n) is 5.37. The van der Waals surface area contributed by atoms with Crippen LogP contribution < -0.4 is 4.74 Å². The lowest BCUT2D eigenvalue weighted by molar-refractivity contribution is 0.415. The van der Waals surface area contributed by atoms with Gasteiger partial charge in [0, 0.05) is 23.2 Å². The Balaban J connectivity index is 2.24. The van der Waals surface area contributed by atoms with Gasteiger partial charge >= 0.3 is 0 Å². The summed E-state index contributed by atoms with van der Waals surface area (Å²) in [5.41, 5.74) is 4.73. The molecular weight excluding hydrogens is 288 g/mol. The number of nitrogens with zero attached hydrogens (tertiary/aromatic N) is 2. The Bertz CT molecular complexity index is 820. The van der Waals surface area contributed by atoms with Crippen LogP contribution in [0.1, 0.15) is 12.6 Å². The van der Waals surface area contributed by atoms with Crippen LogP contribution in [-0.2, 0) is 6.54 Å². The number of rotatable bonds is 4. The first kappa shape index (κ1) is 15.2. The molecule has 2 aromatic carbocycles. The third-order valence-electron chi connectivity index (χ3n) is 3.96. The van der Waals surface area contributed by atoms with Gasteiger partial charge in [0.15, 0.2) is 0 Å². The third-order valence-corrected chi connectivity index (χ3v) is 3.96. The second kappa shape index (κ2) is 6.16. The van der Waals surface area contributed by atoms with E-state index in [-0.39, 0.29) is 5.75 Å². The Morgan fingerprint density at radius 1 is 1.09 bits per heavy atom. The van der Waals surface area contributed by atoms with Crippen molar-refractivity contribution in [2.24, 2.45) is 0 Å². The van der Waals surface area contributed by atoms with Gasteiger partial charge in [0.2, 0.25) is 0 Å². The minimum atomic E-state index is 0.265. The lowest BCUT2D eigenvalue weighted by atomic mass is 9.98. The number of methoxy groups -OCH3 is 1.